The van der Waals surface area contributed by atoms with Gasteiger partial charge in [-0.3, -0.25) is 0 Å². The van der Waals surface area contributed by atoms with Crippen molar-refractivity contribution in [3.8, 4) is 11.6 Å². The third-order valence-electron chi connectivity index (χ3n) is 4.69. The van der Waals surface area contributed by atoms with Crippen LogP contribution in [-0.4, -0.2) is 35.2 Å². The summed E-state index contributed by atoms with van der Waals surface area (Å²) in [4.78, 5) is 18.9. The van der Waals surface area contributed by atoms with Crippen molar-refractivity contribution in [2.24, 2.45) is 0 Å². The number of carbonyl (C=O) groups excluding carboxylic acids is 1. The second kappa shape index (κ2) is 9.44. The molecule has 150 valence electrons. The van der Waals surface area contributed by atoms with E-state index in [0.29, 0.717) is 19.0 Å². The third-order valence-corrected chi connectivity index (χ3v) is 4.69. The van der Waals surface area contributed by atoms with Gasteiger partial charge in [-0.2, -0.15) is 0 Å². The summed E-state index contributed by atoms with van der Waals surface area (Å²) in [5.41, 5.74) is 2.09. The minimum Gasteiger partial charge on any atom is -0.494 e. The van der Waals surface area contributed by atoms with Crippen molar-refractivity contribution >= 4 is 6.03 Å². The van der Waals surface area contributed by atoms with Gasteiger partial charge in [0.2, 0.25) is 5.88 Å². The van der Waals surface area contributed by atoms with Gasteiger partial charge in [-0.1, -0.05) is 18.2 Å². The molecule has 0 bridgehead atoms. The number of nitrogens with zero attached hydrogens (tertiary/aromatic N) is 2. The fourth-order valence-electron chi connectivity index (χ4n) is 3.42. The molecular formula is C22H29N3O3. The molecule has 6 heteroatoms. The summed E-state index contributed by atoms with van der Waals surface area (Å²) in [6.07, 6.45) is 3.82. The molecule has 6 nitrogen and oxygen atoms in total. The number of urea groups is 1. The van der Waals surface area contributed by atoms with Gasteiger partial charge in [0, 0.05) is 25.4 Å². The van der Waals surface area contributed by atoms with Crippen LogP contribution < -0.4 is 14.8 Å². The van der Waals surface area contributed by atoms with Crippen molar-refractivity contribution in [3.63, 3.8) is 0 Å². The highest BCUT2D eigenvalue weighted by Gasteiger charge is 2.29. The number of rotatable bonds is 7. The van der Waals surface area contributed by atoms with E-state index in [4.69, 9.17) is 9.47 Å². The lowest BCUT2D eigenvalue weighted by molar-refractivity contribution is 0.192. The van der Waals surface area contributed by atoms with E-state index >= 15 is 0 Å². The minimum atomic E-state index is -0.0427. The van der Waals surface area contributed by atoms with Gasteiger partial charge in [0.25, 0.3) is 0 Å². The van der Waals surface area contributed by atoms with Crippen LogP contribution in [0.4, 0.5) is 4.79 Å². The molecule has 2 aromatic rings. The van der Waals surface area contributed by atoms with E-state index in [9.17, 15) is 4.79 Å². The summed E-state index contributed by atoms with van der Waals surface area (Å²) in [6.45, 7) is 7.76. The molecule has 0 saturated carbocycles. The molecule has 1 N–H and O–H groups in total. The Bertz CT molecular complexity index is 760. The van der Waals surface area contributed by atoms with Crippen LogP contribution >= 0.6 is 0 Å². The first-order valence-electron chi connectivity index (χ1n) is 9.95. The zero-order valence-electron chi connectivity index (χ0n) is 16.9. The number of hydrogen-bond acceptors (Lipinski definition) is 4. The quantitative estimate of drug-likeness (QED) is 0.774. The average molecular weight is 383 g/mol. The van der Waals surface area contributed by atoms with Gasteiger partial charge < -0.3 is 19.7 Å². The maximum atomic E-state index is 12.7. The molecule has 1 atom stereocenters. The normalized spacial score (nSPS) is 16.3. The molecule has 1 aliphatic rings. The molecule has 1 aromatic heterocycles. The summed E-state index contributed by atoms with van der Waals surface area (Å²) in [5, 5.41) is 3.01. The molecule has 2 heterocycles. The van der Waals surface area contributed by atoms with Gasteiger partial charge in [-0.15, -0.1) is 0 Å². The number of benzene rings is 1. The first-order valence-corrected chi connectivity index (χ1v) is 9.95. The van der Waals surface area contributed by atoms with Crippen LogP contribution in [0.25, 0.3) is 0 Å². The highest BCUT2D eigenvalue weighted by atomic mass is 16.5. The molecule has 0 aliphatic carbocycles. The van der Waals surface area contributed by atoms with Gasteiger partial charge in [-0.05, 0) is 56.9 Å². The molecule has 1 aliphatic heterocycles. The lowest BCUT2D eigenvalue weighted by Gasteiger charge is -2.25. The Morgan fingerprint density at radius 1 is 1.25 bits per heavy atom. The van der Waals surface area contributed by atoms with Crippen molar-refractivity contribution in [3.05, 3.63) is 53.7 Å². The molecule has 1 saturated heterocycles. The lowest BCUT2D eigenvalue weighted by atomic mass is 10.0. The average Bonchev–Trinajstić information content (AvgIpc) is 3.17. The number of carbonyl (C=O) groups is 1. The third kappa shape index (κ3) is 5.15. The highest BCUT2D eigenvalue weighted by molar-refractivity contribution is 5.75. The zero-order chi connectivity index (χ0) is 19.9. The van der Waals surface area contributed by atoms with E-state index < -0.39 is 0 Å². The predicted molar refractivity (Wildman–Crippen MR) is 109 cm³/mol. The van der Waals surface area contributed by atoms with Crippen LogP contribution in [0.1, 0.15) is 50.8 Å². The molecule has 1 fully saturated rings. The van der Waals surface area contributed by atoms with Crippen molar-refractivity contribution in [2.45, 2.75) is 52.3 Å². The van der Waals surface area contributed by atoms with E-state index in [0.717, 1.165) is 36.3 Å². The molecule has 3 rings (SSSR count). The standard InChI is InChI=1S/C22H29N3O3/c1-4-27-19-10-8-18(9-11-19)20-6-5-13-25(20)22(26)24-15-17-7-12-21(23-14-17)28-16(2)3/h7-12,14,16,20H,4-6,13,15H2,1-3H3,(H,24,26). The van der Waals surface area contributed by atoms with E-state index in [1.807, 2.05) is 49.9 Å². The Morgan fingerprint density at radius 3 is 2.68 bits per heavy atom. The highest BCUT2D eigenvalue weighted by Crippen LogP contribution is 2.32. The van der Waals surface area contributed by atoms with E-state index in [1.165, 1.54) is 0 Å². The van der Waals surface area contributed by atoms with Gasteiger partial charge in [-0.25, -0.2) is 9.78 Å². The van der Waals surface area contributed by atoms with Crippen LogP contribution in [0.15, 0.2) is 42.6 Å². The fourth-order valence-corrected chi connectivity index (χ4v) is 3.42. The Hall–Kier alpha value is -2.76. The summed E-state index contributed by atoms with van der Waals surface area (Å²) in [7, 11) is 0. The monoisotopic (exact) mass is 383 g/mol. The summed E-state index contributed by atoms with van der Waals surface area (Å²) in [5.74, 6) is 1.46. The van der Waals surface area contributed by atoms with Gasteiger partial charge >= 0.3 is 6.03 Å². The molecule has 0 radical (unpaired) electrons. The molecule has 2 amide bonds. The van der Waals surface area contributed by atoms with Crippen LogP contribution in [0.3, 0.4) is 0 Å². The van der Waals surface area contributed by atoms with Crippen molar-refractivity contribution < 1.29 is 14.3 Å². The number of nitrogens with one attached hydrogen (secondary N) is 1. The first kappa shape index (κ1) is 20.0. The van der Waals surface area contributed by atoms with Crippen LogP contribution in [0.5, 0.6) is 11.6 Å². The molecule has 28 heavy (non-hydrogen) atoms. The van der Waals surface area contributed by atoms with Crippen LogP contribution in [-0.2, 0) is 6.54 Å². The Morgan fingerprint density at radius 2 is 2.04 bits per heavy atom. The van der Waals surface area contributed by atoms with Gasteiger partial charge in [0.05, 0.1) is 18.8 Å². The molecular weight excluding hydrogens is 354 g/mol. The Labute approximate surface area is 166 Å². The van der Waals surface area contributed by atoms with Crippen molar-refractivity contribution in [1.29, 1.82) is 0 Å². The maximum absolute atomic E-state index is 12.7. The largest absolute Gasteiger partial charge is 0.494 e. The first-order chi connectivity index (χ1) is 13.6. The second-order valence-electron chi connectivity index (χ2n) is 7.18. The van der Waals surface area contributed by atoms with Crippen LogP contribution in [0.2, 0.25) is 0 Å². The summed E-state index contributed by atoms with van der Waals surface area (Å²) < 4.78 is 11.1. The second-order valence-corrected chi connectivity index (χ2v) is 7.18. The fraction of sp³-hybridized carbons (Fsp3) is 0.455. The van der Waals surface area contributed by atoms with Crippen molar-refractivity contribution in [1.82, 2.24) is 15.2 Å². The van der Waals surface area contributed by atoms with Crippen molar-refractivity contribution in [2.75, 3.05) is 13.2 Å². The Kier molecular flexibility index (Phi) is 6.74. The lowest BCUT2D eigenvalue weighted by Crippen LogP contribution is -2.39. The van der Waals surface area contributed by atoms with Crippen LogP contribution in [0, 0.1) is 0 Å². The number of likely N-dealkylation sites (tertiary alicyclic amines) is 1. The van der Waals surface area contributed by atoms with E-state index in [1.54, 1.807) is 6.20 Å². The SMILES string of the molecule is CCOc1ccc(C2CCCN2C(=O)NCc2ccc(OC(C)C)nc2)cc1. The van der Waals surface area contributed by atoms with Gasteiger partial charge in [0.15, 0.2) is 0 Å². The van der Waals surface area contributed by atoms with E-state index in [2.05, 4.69) is 22.4 Å². The van der Waals surface area contributed by atoms with E-state index in [-0.39, 0.29) is 18.2 Å². The topological polar surface area (TPSA) is 63.7 Å². The number of ether oxygens (including phenoxy) is 2. The molecule has 1 unspecified atom stereocenters. The molecule has 0 spiro atoms. The number of amides is 2. The maximum Gasteiger partial charge on any atom is 0.318 e. The summed E-state index contributed by atoms with van der Waals surface area (Å²) >= 11 is 0. The number of hydrogen-bond donors (Lipinski definition) is 1. The zero-order valence-corrected chi connectivity index (χ0v) is 16.9. The minimum absolute atomic E-state index is 0.0427. The number of pyridine rings is 1. The summed E-state index contributed by atoms with van der Waals surface area (Å²) in [6, 6.07) is 11.9. The molecule has 1 aromatic carbocycles. The Balaban J connectivity index is 1.57. The smallest absolute Gasteiger partial charge is 0.318 e. The predicted octanol–water partition coefficient (Wildman–Crippen LogP) is 4.31. The number of aromatic nitrogens is 1. The van der Waals surface area contributed by atoms with Gasteiger partial charge in [0.1, 0.15) is 5.75 Å².